The van der Waals surface area contributed by atoms with Crippen LogP contribution in [0.1, 0.15) is 53.6 Å². The van der Waals surface area contributed by atoms with Crippen molar-refractivity contribution in [1.82, 2.24) is 4.90 Å². The van der Waals surface area contributed by atoms with E-state index in [1.807, 2.05) is 6.07 Å². The number of benzene rings is 3. The van der Waals surface area contributed by atoms with Crippen LogP contribution in [0.25, 0.3) is 11.3 Å². The summed E-state index contributed by atoms with van der Waals surface area (Å²) in [6.07, 6.45) is 4.06. The van der Waals surface area contributed by atoms with Crippen molar-refractivity contribution in [2.45, 2.75) is 38.6 Å². The predicted octanol–water partition coefficient (Wildman–Crippen LogP) is 6.30. The lowest BCUT2D eigenvalue weighted by Crippen LogP contribution is -2.36. The standard InChI is InChI=1S/C31H33NO4/c1-20-29-23(12-13-26(33-2)31(29)34-3)24(11-7-10-21-8-5-4-6-9-21)30-25-19-28-27(35-16-17-36-28)18-22(25)14-15-32(20)30/h4-6,8-9,12-13,18-20H,7,10-11,14-17H2,1-3H3/t20-/m0/s1. The van der Waals surface area contributed by atoms with Crippen molar-refractivity contribution in [3.8, 4) is 23.0 Å². The van der Waals surface area contributed by atoms with Gasteiger partial charge in [0.2, 0.25) is 0 Å². The number of fused-ring (bicyclic) bond motifs is 5. The largest absolute Gasteiger partial charge is 0.493 e. The number of rotatable bonds is 6. The van der Waals surface area contributed by atoms with Gasteiger partial charge in [0.1, 0.15) is 13.2 Å². The third-order valence-corrected chi connectivity index (χ3v) is 7.75. The molecule has 0 fully saturated rings. The van der Waals surface area contributed by atoms with E-state index in [1.54, 1.807) is 14.2 Å². The molecule has 0 aliphatic carbocycles. The van der Waals surface area contributed by atoms with E-state index in [0.717, 1.165) is 55.2 Å². The van der Waals surface area contributed by atoms with Crippen molar-refractivity contribution in [1.29, 1.82) is 0 Å². The van der Waals surface area contributed by atoms with Crippen LogP contribution in [0.15, 0.2) is 54.6 Å². The van der Waals surface area contributed by atoms with Crippen LogP contribution in [-0.4, -0.2) is 38.9 Å². The number of methoxy groups -OCH3 is 2. The van der Waals surface area contributed by atoms with Crippen LogP contribution in [0.2, 0.25) is 0 Å². The Morgan fingerprint density at radius 1 is 0.889 bits per heavy atom. The second-order valence-electron chi connectivity index (χ2n) is 9.70. The number of nitrogens with zero attached hydrogens (tertiary/aromatic N) is 1. The molecule has 3 aromatic rings. The predicted molar refractivity (Wildman–Crippen MR) is 142 cm³/mol. The van der Waals surface area contributed by atoms with Crippen molar-refractivity contribution in [3.63, 3.8) is 0 Å². The fourth-order valence-electron chi connectivity index (χ4n) is 6.07. The summed E-state index contributed by atoms with van der Waals surface area (Å²) in [5.74, 6) is 3.35. The molecule has 0 saturated heterocycles. The minimum Gasteiger partial charge on any atom is -0.493 e. The van der Waals surface area contributed by atoms with Crippen molar-refractivity contribution in [2.75, 3.05) is 34.0 Å². The minimum absolute atomic E-state index is 0.166. The SMILES string of the molecule is COc1ccc2c(c1OC)[C@H](C)N1CCc3cc4c(cc3C1=C2CCCc1ccccc1)OCCO4. The lowest BCUT2D eigenvalue weighted by Gasteiger charge is -2.44. The van der Waals surface area contributed by atoms with E-state index in [0.29, 0.717) is 13.2 Å². The molecule has 3 heterocycles. The first-order valence-corrected chi connectivity index (χ1v) is 12.9. The van der Waals surface area contributed by atoms with Gasteiger partial charge in [-0.05, 0) is 73.1 Å². The highest BCUT2D eigenvalue weighted by atomic mass is 16.6. The molecule has 0 bridgehead atoms. The smallest absolute Gasteiger partial charge is 0.166 e. The third-order valence-electron chi connectivity index (χ3n) is 7.75. The van der Waals surface area contributed by atoms with Gasteiger partial charge in [-0.2, -0.15) is 0 Å². The average molecular weight is 484 g/mol. The van der Waals surface area contributed by atoms with Gasteiger partial charge in [0.15, 0.2) is 23.0 Å². The highest BCUT2D eigenvalue weighted by Gasteiger charge is 2.37. The van der Waals surface area contributed by atoms with Crippen LogP contribution < -0.4 is 18.9 Å². The lowest BCUT2D eigenvalue weighted by atomic mass is 9.80. The Morgan fingerprint density at radius 2 is 1.67 bits per heavy atom. The number of ether oxygens (including phenoxy) is 4. The first-order valence-electron chi connectivity index (χ1n) is 12.9. The van der Waals surface area contributed by atoms with Crippen LogP contribution in [-0.2, 0) is 12.8 Å². The Hall–Kier alpha value is -3.60. The molecule has 3 aromatic carbocycles. The van der Waals surface area contributed by atoms with Crippen LogP contribution in [0.3, 0.4) is 0 Å². The molecule has 3 aliphatic rings. The zero-order valence-corrected chi connectivity index (χ0v) is 21.3. The molecule has 1 atom stereocenters. The molecule has 36 heavy (non-hydrogen) atoms. The van der Waals surface area contributed by atoms with Gasteiger partial charge < -0.3 is 23.8 Å². The molecule has 0 spiro atoms. The van der Waals surface area contributed by atoms with E-state index in [4.69, 9.17) is 18.9 Å². The summed E-state index contributed by atoms with van der Waals surface area (Å²) in [4.78, 5) is 2.56. The molecule has 3 aliphatic heterocycles. The summed E-state index contributed by atoms with van der Waals surface area (Å²) in [5, 5.41) is 0. The van der Waals surface area contributed by atoms with Gasteiger partial charge in [-0.15, -0.1) is 0 Å². The number of hydrogen-bond donors (Lipinski definition) is 0. The Bertz CT molecular complexity index is 1310. The van der Waals surface area contributed by atoms with E-state index < -0.39 is 0 Å². The van der Waals surface area contributed by atoms with E-state index in [9.17, 15) is 0 Å². The minimum atomic E-state index is 0.166. The molecule has 0 amide bonds. The first-order chi connectivity index (χ1) is 17.7. The summed E-state index contributed by atoms with van der Waals surface area (Å²) in [7, 11) is 3.45. The van der Waals surface area contributed by atoms with Crippen LogP contribution in [0, 0.1) is 0 Å². The van der Waals surface area contributed by atoms with Crippen molar-refractivity contribution in [3.05, 3.63) is 82.4 Å². The molecule has 186 valence electrons. The highest BCUT2D eigenvalue weighted by Crippen LogP contribution is 2.53. The number of aryl methyl sites for hydroxylation is 1. The van der Waals surface area contributed by atoms with Gasteiger partial charge >= 0.3 is 0 Å². The molecular formula is C31H33NO4. The summed E-state index contributed by atoms with van der Waals surface area (Å²) in [5.41, 5.74) is 9.17. The Labute approximate surface area is 213 Å². The second-order valence-corrected chi connectivity index (χ2v) is 9.70. The van der Waals surface area contributed by atoms with Gasteiger partial charge in [0, 0.05) is 23.4 Å². The normalized spacial score (nSPS) is 17.8. The monoisotopic (exact) mass is 483 g/mol. The number of allylic oxidation sites excluding steroid dienone is 1. The summed E-state index contributed by atoms with van der Waals surface area (Å²) >= 11 is 0. The maximum atomic E-state index is 6.00. The maximum absolute atomic E-state index is 6.00. The fraction of sp³-hybridized carbons (Fsp3) is 0.355. The van der Waals surface area contributed by atoms with Crippen molar-refractivity contribution in [2.24, 2.45) is 0 Å². The maximum Gasteiger partial charge on any atom is 0.166 e. The summed E-state index contributed by atoms with van der Waals surface area (Å²) in [6, 6.07) is 19.6. The van der Waals surface area contributed by atoms with Crippen LogP contribution in [0.5, 0.6) is 23.0 Å². The number of hydrogen-bond acceptors (Lipinski definition) is 5. The van der Waals surface area contributed by atoms with Gasteiger partial charge in [-0.25, -0.2) is 0 Å². The van der Waals surface area contributed by atoms with Gasteiger partial charge in [-0.3, -0.25) is 0 Å². The molecule has 0 radical (unpaired) electrons. The molecule has 0 aromatic heterocycles. The van der Waals surface area contributed by atoms with E-state index in [2.05, 4.69) is 60.4 Å². The quantitative estimate of drug-likeness (QED) is 0.412. The molecule has 6 rings (SSSR count). The molecule has 0 N–H and O–H groups in total. The van der Waals surface area contributed by atoms with Crippen molar-refractivity contribution < 1.29 is 18.9 Å². The van der Waals surface area contributed by atoms with Gasteiger partial charge in [-0.1, -0.05) is 36.4 Å². The van der Waals surface area contributed by atoms with Gasteiger partial charge in [0.05, 0.1) is 20.3 Å². The van der Waals surface area contributed by atoms with Crippen molar-refractivity contribution >= 4 is 11.3 Å². The fourth-order valence-corrected chi connectivity index (χ4v) is 6.07. The molecule has 5 heteroatoms. The zero-order chi connectivity index (χ0) is 24.6. The topological polar surface area (TPSA) is 40.2 Å². The van der Waals surface area contributed by atoms with E-state index in [1.165, 1.54) is 39.1 Å². The third kappa shape index (κ3) is 3.78. The van der Waals surface area contributed by atoms with E-state index >= 15 is 0 Å². The Morgan fingerprint density at radius 3 is 2.42 bits per heavy atom. The molecule has 5 nitrogen and oxygen atoms in total. The molecule has 0 saturated carbocycles. The molecular weight excluding hydrogens is 450 g/mol. The molecule has 0 unspecified atom stereocenters. The average Bonchev–Trinajstić information content (AvgIpc) is 2.93. The summed E-state index contributed by atoms with van der Waals surface area (Å²) < 4.78 is 23.5. The Balaban J connectivity index is 1.51. The van der Waals surface area contributed by atoms with Gasteiger partial charge in [0.25, 0.3) is 0 Å². The first kappa shape index (κ1) is 22.8. The zero-order valence-electron chi connectivity index (χ0n) is 21.3. The second kappa shape index (κ2) is 9.45. The lowest BCUT2D eigenvalue weighted by molar-refractivity contribution is 0.171. The van der Waals surface area contributed by atoms with E-state index in [-0.39, 0.29) is 6.04 Å². The highest BCUT2D eigenvalue weighted by molar-refractivity contribution is 5.95. The van der Waals surface area contributed by atoms with Crippen LogP contribution >= 0.6 is 0 Å². The summed E-state index contributed by atoms with van der Waals surface area (Å²) in [6.45, 7) is 4.43. The van der Waals surface area contributed by atoms with Crippen LogP contribution in [0.4, 0.5) is 0 Å². The Kier molecular flexibility index (Phi) is 6.00.